The minimum absolute atomic E-state index is 0.147. The van der Waals surface area contributed by atoms with Gasteiger partial charge in [0.25, 0.3) is 0 Å². The molecule has 3 heteroatoms. The molecule has 0 aliphatic carbocycles. The average Bonchev–Trinajstić information content (AvgIpc) is 2.15. The molecule has 0 atom stereocenters. The first kappa shape index (κ1) is 10.2. The van der Waals surface area contributed by atoms with Crippen molar-refractivity contribution in [2.24, 2.45) is 0 Å². The Labute approximate surface area is 78.2 Å². The molecule has 13 heavy (non-hydrogen) atoms. The molecular formula is C10H15FN2. The van der Waals surface area contributed by atoms with E-state index in [1.165, 1.54) is 6.07 Å². The second-order valence-electron chi connectivity index (χ2n) is 2.80. The van der Waals surface area contributed by atoms with Crippen LogP contribution in [0, 0.1) is 5.82 Å². The molecular weight excluding hydrogens is 167 g/mol. The SMILES string of the molecule is CCNCNCc1ccccc1F. The molecule has 0 aliphatic rings. The van der Waals surface area contributed by atoms with Crippen molar-refractivity contribution in [1.82, 2.24) is 10.6 Å². The summed E-state index contributed by atoms with van der Waals surface area (Å²) < 4.78 is 13.0. The van der Waals surface area contributed by atoms with Gasteiger partial charge in [-0.3, -0.25) is 0 Å². The Morgan fingerprint density at radius 2 is 2.00 bits per heavy atom. The highest BCUT2D eigenvalue weighted by atomic mass is 19.1. The van der Waals surface area contributed by atoms with Crippen molar-refractivity contribution in [2.75, 3.05) is 13.2 Å². The van der Waals surface area contributed by atoms with Gasteiger partial charge in [-0.1, -0.05) is 25.1 Å². The second-order valence-corrected chi connectivity index (χ2v) is 2.80. The van der Waals surface area contributed by atoms with Gasteiger partial charge in [0.05, 0.1) is 0 Å². The van der Waals surface area contributed by atoms with Crippen molar-refractivity contribution >= 4 is 0 Å². The van der Waals surface area contributed by atoms with E-state index in [9.17, 15) is 4.39 Å². The van der Waals surface area contributed by atoms with E-state index in [2.05, 4.69) is 10.6 Å². The van der Waals surface area contributed by atoms with Gasteiger partial charge in [-0.15, -0.1) is 0 Å². The lowest BCUT2D eigenvalue weighted by molar-refractivity contribution is 0.563. The van der Waals surface area contributed by atoms with E-state index >= 15 is 0 Å². The third-order valence-corrected chi connectivity index (χ3v) is 1.77. The molecule has 0 amide bonds. The van der Waals surface area contributed by atoms with Crippen molar-refractivity contribution in [1.29, 1.82) is 0 Å². The molecule has 0 aromatic heterocycles. The monoisotopic (exact) mass is 182 g/mol. The number of halogens is 1. The van der Waals surface area contributed by atoms with E-state index in [4.69, 9.17) is 0 Å². The first-order valence-electron chi connectivity index (χ1n) is 4.49. The quantitative estimate of drug-likeness (QED) is 0.532. The van der Waals surface area contributed by atoms with E-state index in [-0.39, 0.29) is 5.82 Å². The molecule has 1 aromatic carbocycles. The molecule has 0 bridgehead atoms. The van der Waals surface area contributed by atoms with Crippen LogP contribution in [0.2, 0.25) is 0 Å². The van der Waals surface area contributed by atoms with Gasteiger partial charge < -0.3 is 10.6 Å². The highest BCUT2D eigenvalue weighted by molar-refractivity contribution is 5.16. The first-order chi connectivity index (χ1) is 6.34. The van der Waals surface area contributed by atoms with Gasteiger partial charge in [0.2, 0.25) is 0 Å². The smallest absolute Gasteiger partial charge is 0.127 e. The Bertz CT molecular complexity index is 250. The lowest BCUT2D eigenvalue weighted by Crippen LogP contribution is -2.28. The molecule has 0 aliphatic heterocycles. The fourth-order valence-electron chi connectivity index (χ4n) is 1.05. The van der Waals surface area contributed by atoms with Crippen LogP contribution >= 0.6 is 0 Å². The molecule has 1 aromatic rings. The topological polar surface area (TPSA) is 24.1 Å². The van der Waals surface area contributed by atoms with Gasteiger partial charge >= 0.3 is 0 Å². The molecule has 2 N–H and O–H groups in total. The number of hydrogen-bond donors (Lipinski definition) is 2. The summed E-state index contributed by atoms with van der Waals surface area (Å²) in [5.74, 6) is -0.147. The zero-order valence-corrected chi connectivity index (χ0v) is 7.81. The minimum Gasteiger partial charge on any atom is -0.305 e. The number of hydrogen-bond acceptors (Lipinski definition) is 2. The molecule has 0 saturated heterocycles. The van der Waals surface area contributed by atoms with Gasteiger partial charge in [0.15, 0.2) is 0 Å². The number of benzene rings is 1. The summed E-state index contributed by atoms with van der Waals surface area (Å²) in [4.78, 5) is 0. The Morgan fingerprint density at radius 1 is 1.23 bits per heavy atom. The zero-order chi connectivity index (χ0) is 9.52. The minimum atomic E-state index is -0.147. The Kier molecular flexibility index (Phi) is 4.43. The number of rotatable bonds is 5. The van der Waals surface area contributed by atoms with Crippen molar-refractivity contribution in [3.8, 4) is 0 Å². The molecule has 0 saturated carbocycles. The molecule has 0 heterocycles. The van der Waals surface area contributed by atoms with Crippen LogP contribution < -0.4 is 10.6 Å². The van der Waals surface area contributed by atoms with E-state index in [0.717, 1.165) is 6.54 Å². The highest BCUT2D eigenvalue weighted by Gasteiger charge is 1.97. The van der Waals surface area contributed by atoms with Crippen molar-refractivity contribution in [2.45, 2.75) is 13.5 Å². The van der Waals surface area contributed by atoms with Crippen LogP contribution in [0.1, 0.15) is 12.5 Å². The fraction of sp³-hybridized carbons (Fsp3) is 0.400. The average molecular weight is 182 g/mol. The molecule has 0 unspecified atom stereocenters. The fourth-order valence-corrected chi connectivity index (χ4v) is 1.05. The Morgan fingerprint density at radius 3 is 2.69 bits per heavy atom. The van der Waals surface area contributed by atoms with Gasteiger partial charge in [0, 0.05) is 18.8 Å². The zero-order valence-electron chi connectivity index (χ0n) is 7.81. The molecule has 1 rings (SSSR count). The van der Waals surface area contributed by atoms with Gasteiger partial charge in [-0.05, 0) is 12.6 Å². The second kappa shape index (κ2) is 5.67. The Hall–Kier alpha value is -0.930. The van der Waals surface area contributed by atoms with Crippen LogP contribution in [-0.2, 0) is 6.54 Å². The Balaban J connectivity index is 2.32. The third kappa shape index (κ3) is 3.53. The normalized spacial score (nSPS) is 10.3. The summed E-state index contributed by atoms with van der Waals surface area (Å²) in [7, 11) is 0. The maximum absolute atomic E-state index is 13.0. The summed E-state index contributed by atoms with van der Waals surface area (Å²) in [6, 6.07) is 6.80. The van der Waals surface area contributed by atoms with E-state index in [1.54, 1.807) is 12.1 Å². The van der Waals surface area contributed by atoms with Crippen molar-refractivity contribution in [3.05, 3.63) is 35.6 Å². The molecule has 0 fully saturated rings. The van der Waals surface area contributed by atoms with Gasteiger partial charge in [-0.25, -0.2) is 4.39 Å². The van der Waals surface area contributed by atoms with Crippen LogP contribution in [0.15, 0.2) is 24.3 Å². The first-order valence-corrected chi connectivity index (χ1v) is 4.49. The summed E-state index contributed by atoms with van der Waals surface area (Å²) in [5.41, 5.74) is 0.709. The lowest BCUT2D eigenvalue weighted by Gasteiger charge is -2.05. The molecule has 0 spiro atoms. The lowest BCUT2D eigenvalue weighted by atomic mass is 10.2. The predicted octanol–water partition coefficient (Wildman–Crippen LogP) is 1.48. The summed E-state index contributed by atoms with van der Waals surface area (Å²) >= 11 is 0. The van der Waals surface area contributed by atoms with E-state index in [0.29, 0.717) is 18.8 Å². The van der Waals surface area contributed by atoms with Crippen LogP contribution in [-0.4, -0.2) is 13.2 Å². The summed E-state index contributed by atoms with van der Waals surface area (Å²) in [5, 5.41) is 6.20. The van der Waals surface area contributed by atoms with Gasteiger partial charge in [-0.2, -0.15) is 0 Å². The van der Waals surface area contributed by atoms with Crippen LogP contribution in [0.25, 0.3) is 0 Å². The molecule has 72 valence electrons. The van der Waals surface area contributed by atoms with Crippen molar-refractivity contribution < 1.29 is 4.39 Å². The number of nitrogens with one attached hydrogen (secondary N) is 2. The third-order valence-electron chi connectivity index (χ3n) is 1.77. The standard InChI is InChI=1S/C10H15FN2/c1-2-12-8-13-7-9-5-3-4-6-10(9)11/h3-6,12-13H,2,7-8H2,1H3. The van der Waals surface area contributed by atoms with E-state index < -0.39 is 0 Å². The predicted molar refractivity (Wildman–Crippen MR) is 51.8 cm³/mol. The summed E-state index contributed by atoms with van der Waals surface area (Å²) in [6.07, 6.45) is 0. The van der Waals surface area contributed by atoms with Gasteiger partial charge in [0.1, 0.15) is 5.82 Å². The van der Waals surface area contributed by atoms with Crippen LogP contribution in [0.4, 0.5) is 4.39 Å². The van der Waals surface area contributed by atoms with Crippen LogP contribution in [0.5, 0.6) is 0 Å². The maximum atomic E-state index is 13.0. The summed E-state index contributed by atoms with van der Waals surface area (Å²) in [6.45, 7) is 4.24. The van der Waals surface area contributed by atoms with Crippen LogP contribution in [0.3, 0.4) is 0 Å². The highest BCUT2D eigenvalue weighted by Crippen LogP contribution is 2.04. The maximum Gasteiger partial charge on any atom is 0.127 e. The molecule has 0 radical (unpaired) electrons. The molecule has 2 nitrogen and oxygen atoms in total. The van der Waals surface area contributed by atoms with E-state index in [1.807, 2.05) is 13.0 Å². The largest absolute Gasteiger partial charge is 0.305 e. The van der Waals surface area contributed by atoms with Crippen molar-refractivity contribution in [3.63, 3.8) is 0 Å².